The number of allylic oxidation sites excluding steroid dienone is 1. The van der Waals surface area contributed by atoms with Gasteiger partial charge in [0.05, 0.1) is 11.2 Å². The Morgan fingerprint density at radius 1 is 1.44 bits per heavy atom. The highest BCUT2D eigenvalue weighted by Crippen LogP contribution is 2.40. The Hall–Kier alpha value is -1.64. The highest BCUT2D eigenvalue weighted by Gasteiger charge is 2.52. The van der Waals surface area contributed by atoms with Crippen LogP contribution >= 0.6 is 23.1 Å². The maximum Gasteiger partial charge on any atom is 0.355 e. The van der Waals surface area contributed by atoms with Crippen molar-refractivity contribution in [3.8, 4) is 0 Å². The van der Waals surface area contributed by atoms with Crippen molar-refractivity contribution in [3.05, 3.63) is 33.4 Å². The quantitative estimate of drug-likeness (QED) is 0.641. The molecule has 0 saturated carbocycles. The third kappa shape index (κ3) is 3.51. The van der Waals surface area contributed by atoms with Gasteiger partial charge in [0.2, 0.25) is 5.91 Å². The molecule has 2 aliphatic rings. The number of thioether (sulfide) groups is 1. The monoisotopic (exact) mass is 379 g/mol. The predicted molar refractivity (Wildman–Crippen MR) is 99.8 cm³/mol. The molecule has 0 aromatic carbocycles. The average molecular weight is 380 g/mol. The van der Waals surface area contributed by atoms with Gasteiger partial charge in [0.25, 0.3) is 0 Å². The summed E-state index contributed by atoms with van der Waals surface area (Å²) in [6, 6.07) is -0.559. The third-order valence-electron chi connectivity index (χ3n) is 3.85. The van der Waals surface area contributed by atoms with E-state index in [-0.39, 0.29) is 11.3 Å². The highest BCUT2D eigenvalue weighted by molar-refractivity contribution is 8.00. The number of fused-ring (bicyclic) bond motifs is 1. The smallest absolute Gasteiger partial charge is 0.355 e. The number of aromatic nitrogens is 1. The first kappa shape index (κ1) is 18.2. The second kappa shape index (κ2) is 6.59. The van der Waals surface area contributed by atoms with E-state index in [2.05, 4.69) is 4.98 Å². The average Bonchev–Trinajstić information content (AvgIpc) is 2.94. The van der Waals surface area contributed by atoms with Crippen molar-refractivity contribution < 1.29 is 14.3 Å². The number of nitrogens with zero attached hydrogens (tertiary/aromatic N) is 2. The van der Waals surface area contributed by atoms with Crippen LogP contribution in [0.4, 0.5) is 0 Å². The summed E-state index contributed by atoms with van der Waals surface area (Å²) in [5, 5.41) is -0.197. The zero-order valence-electron chi connectivity index (χ0n) is 14.6. The number of aryl methyl sites for hydroxylation is 1. The van der Waals surface area contributed by atoms with E-state index in [1.807, 2.05) is 19.1 Å². The van der Waals surface area contributed by atoms with Crippen LogP contribution < -0.4 is 5.73 Å². The van der Waals surface area contributed by atoms with Crippen LogP contribution in [0.3, 0.4) is 0 Å². The first-order chi connectivity index (χ1) is 11.7. The van der Waals surface area contributed by atoms with Gasteiger partial charge in [0.1, 0.15) is 22.7 Å². The molecule has 2 atom stereocenters. The summed E-state index contributed by atoms with van der Waals surface area (Å²) in [5.41, 5.74) is 9.03. The van der Waals surface area contributed by atoms with Crippen LogP contribution in [0.2, 0.25) is 0 Å². The summed E-state index contributed by atoms with van der Waals surface area (Å²) >= 11 is 3.09. The maximum atomic E-state index is 12.7. The van der Waals surface area contributed by atoms with Crippen LogP contribution in [0.25, 0.3) is 6.08 Å². The van der Waals surface area contributed by atoms with Gasteiger partial charge >= 0.3 is 5.97 Å². The molecule has 1 saturated heterocycles. The fourth-order valence-corrected chi connectivity index (χ4v) is 4.59. The lowest BCUT2D eigenvalue weighted by Crippen LogP contribution is -2.68. The molecule has 1 aromatic heterocycles. The SMILES string of the molecule is Cc1ncsc1/C=C\C1=C(C(=O)OC(C)(C)C)N2C(=O)C(N)[C@H]2SC1. The van der Waals surface area contributed by atoms with Crippen LogP contribution in [-0.4, -0.2) is 44.5 Å². The molecule has 3 heterocycles. The first-order valence-electron chi connectivity index (χ1n) is 7.94. The maximum absolute atomic E-state index is 12.7. The van der Waals surface area contributed by atoms with E-state index >= 15 is 0 Å². The van der Waals surface area contributed by atoms with Crippen molar-refractivity contribution >= 4 is 41.1 Å². The molecule has 2 N–H and O–H groups in total. The topological polar surface area (TPSA) is 85.5 Å². The van der Waals surface area contributed by atoms with Gasteiger partial charge in [0.15, 0.2) is 0 Å². The molecule has 1 fully saturated rings. The number of hydrogen-bond acceptors (Lipinski definition) is 7. The molecule has 3 rings (SSSR count). The number of carbonyl (C=O) groups is 2. The number of β-lactam (4-membered cyclic amide) rings is 1. The summed E-state index contributed by atoms with van der Waals surface area (Å²) in [5.74, 6) is -0.123. The fourth-order valence-electron chi connectivity index (χ4n) is 2.63. The van der Waals surface area contributed by atoms with Crippen molar-refractivity contribution in [1.29, 1.82) is 0 Å². The predicted octanol–water partition coefficient (Wildman–Crippen LogP) is 2.30. The molecule has 0 radical (unpaired) electrons. The summed E-state index contributed by atoms with van der Waals surface area (Å²) in [7, 11) is 0. The van der Waals surface area contributed by atoms with Crippen LogP contribution in [0.15, 0.2) is 22.9 Å². The second-order valence-electron chi connectivity index (χ2n) is 6.95. The van der Waals surface area contributed by atoms with Crippen LogP contribution in [0.1, 0.15) is 31.3 Å². The molecule has 134 valence electrons. The standard InChI is InChI=1S/C17H21N3O3S2/c1-9-11(25-8-19-9)6-5-10-7-24-15-12(18)14(21)20(15)13(10)16(22)23-17(2,3)4/h5-6,8,12,15H,7,18H2,1-4H3/b6-5-/t12?,15-/m1/s1. The fraction of sp³-hybridized carbons (Fsp3) is 0.471. The first-order valence-corrected chi connectivity index (χ1v) is 9.87. The Labute approximate surface area is 155 Å². The summed E-state index contributed by atoms with van der Waals surface area (Å²) in [6.07, 6.45) is 3.80. The van der Waals surface area contributed by atoms with E-state index in [1.54, 1.807) is 38.0 Å². The van der Waals surface area contributed by atoms with Gasteiger partial charge in [-0.1, -0.05) is 6.08 Å². The molecule has 1 unspecified atom stereocenters. The van der Waals surface area contributed by atoms with E-state index in [9.17, 15) is 9.59 Å². The van der Waals surface area contributed by atoms with Crippen LogP contribution in [0.5, 0.6) is 0 Å². The minimum Gasteiger partial charge on any atom is -0.455 e. The van der Waals surface area contributed by atoms with E-state index in [0.29, 0.717) is 11.4 Å². The second-order valence-corrected chi connectivity index (χ2v) is 8.94. The number of esters is 1. The number of nitrogens with two attached hydrogens (primary N) is 1. The van der Waals surface area contributed by atoms with Crippen molar-refractivity contribution in [3.63, 3.8) is 0 Å². The van der Waals surface area contributed by atoms with E-state index in [1.165, 1.54) is 16.2 Å². The van der Waals surface area contributed by atoms with Crippen molar-refractivity contribution in [1.82, 2.24) is 9.88 Å². The lowest BCUT2D eigenvalue weighted by Gasteiger charge is -2.48. The number of rotatable bonds is 3. The van der Waals surface area contributed by atoms with Crippen molar-refractivity contribution in [2.75, 3.05) is 5.75 Å². The number of amides is 1. The molecule has 6 nitrogen and oxygen atoms in total. The van der Waals surface area contributed by atoms with E-state index in [0.717, 1.165) is 16.1 Å². The zero-order valence-corrected chi connectivity index (χ0v) is 16.2. The molecular weight excluding hydrogens is 358 g/mol. The highest BCUT2D eigenvalue weighted by atomic mass is 32.2. The Morgan fingerprint density at radius 3 is 2.76 bits per heavy atom. The van der Waals surface area contributed by atoms with Gasteiger partial charge in [-0.25, -0.2) is 9.78 Å². The van der Waals surface area contributed by atoms with Gasteiger partial charge in [-0.15, -0.1) is 23.1 Å². The Morgan fingerprint density at radius 2 is 2.16 bits per heavy atom. The number of thiazole rings is 1. The van der Waals surface area contributed by atoms with E-state index < -0.39 is 17.6 Å². The molecule has 0 aliphatic carbocycles. The normalized spacial score (nSPS) is 23.7. The minimum absolute atomic E-state index is 0.197. The van der Waals surface area contributed by atoms with Gasteiger partial charge in [-0.3, -0.25) is 9.69 Å². The number of ether oxygens (including phenoxy) is 1. The Bertz CT molecular complexity index is 776. The van der Waals surface area contributed by atoms with Crippen molar-refractivity contribution in [2.45, 2.75) is 44.7 Å². The molecule has 2 aliphatic heterocycles. The summed E-state index contributed by atoms with van der Waals surface area (Å²) in [6.45, 7) is 7.35. The van der Waals surface area contributed by atoms with Crippen LogP contribution in [-0.2, 0) is 14.3 Å². The summed E-state index contributed by atoms with van der Waals surface area (Å²) in [4.78, 5) is 31.7. The molecule has 0 bridgehead atoms. The lowest BCUT2D eigenvalue weighted by molar-refractivity contribution is -0.157. The zero-order chi connectivity index (χ0) is 18.4. The van der Waals surface area contributed by atoms with Crippen molar-refractivity contribution in [2.24, 2.45) is 5.73 Å². The number of hydrogen-bond donors (Lipinski definition) is 1. The minimum atomic E-state index is -0.636. The summed E-state index contributed by atoms with van der Waals surface area (Å²) < 4.78 is 5.52. The van der Waals surface area contributed by atoms with Crippen LogP contribution in [0, 0.1) is 6.92 Å². The number of carbonyl (C=O) groups excluding carboxylic acids is 2. The van der Waals surface area contributed by atoms with Gasteiger partial charge in [-0.05, 0) is 39.3 Å². The molecule has 25 heavy (non-hydrogen) atoms. The molecule has 8 heteroatoms. The van der Waals surface area contributed by atoms with E-state index in [4.69, 9.17) is 10.5 Å². The lowest BCUT2D eigenvalue weighted by atomic mass is 10.0. The molecule has 0 spiro atoms. The third-order valence-corrected chi connectivity index (χ3v) is 6.07. The largest absolute Gasteiger partial charge is 0.455 e. The van der Waals surface area contributed by atoms with Gasteiger partial charge < -0.3 is 10.5 Å². The Kier molecular flexibility index (Phi) is 4.78. The molecule has 1 aromatic rings. The molecular formula is C17H21N3O3S2. The Balaban J connectivity index is 1.97. The van der Waals surface area contributed by atoms with Gasteiger partial charge in [0, 0.05) is 10.6 Å². The van der Waals surface area contributed by atoms with Gasteiger partial charge in [-0.2, -0.15) is 0 Å². The molecule has 1 amide bonds.